The fourth-order valence-corrected chi connectivity index (χ4v) is 1.86. The van der Waals surface area contributed by atoms with E-state index in [4.69, 9.17) is 10.5 Å². The van der Waals surface area contributed by atoms with Crippen molar-refractivity contribution < 1.29 is 4.74 Å². The topological polar surface area (TPSA) is 63.4 Å². The molecule has 104 valence electrons. The molecule has 0 amide bonds. The van der Waals surface area contributed by atoms with Crippen molar-refractivity contribution in [1.82, 2.24) is 9.27 Å². The minimum Gasteiger partial charge on any atom is -0.484 e. The van der Waals surface area contributed by atoms with Crippen LogP contribution in [0.25, 0.3) is 0 Å². The van der Waals surface area contributed by atoms with Crippen LogP contribution in [0.1, 0.15) is 27.7 Å². The first-order valence-corrected chi connectivity index (χ1v) is 6.84. The third-order valence-corrected chi connectivity index (χ3v) is 3.72. The summed E-state index contributed by atoms with van der Waals surface area (Å²) in [6, 6.07) is 0. The normalized spacial score (nSPS) is 12.2. The van der Waals surface area contributed by atoms with Gasteiger partial charge in [-0.2, -0.15) is 4.37 Å². The van der Waals surface area contributed by atoms with Crippen LogP contribution in [0.15, 0.2) is 0 Å². The first-order chi connectivity index (χ1) is 8.24. The van der Waals surface area contributed by atoms with Crippen LogP contribution in [0, 0.1) is 0 Å². The minimum absolute atomic E-state index is 0.0495. The summed E-state index contributed by atoms with van der Waals surface area (Å²) in [7, 11) is 4.13. The number of nitrogens with one attached hydrogen (secondary N) is 1. The molecule has 0 unspecified atom stereocenters. The van der Waals surface area contributed by atoms with Crippen molar-refractivity contribution in [1.29, 1.82) is 0 Å². The zero-order chi connectivity index (χ0) is 13.9. The standard InChI is InChI=1S/C12H24N4OS/c1-8(2)17-9-10(13)15-18-11(9)14-7-12(3,4)16(5)6/h8,14H,7H2,1-6H3,(H2,13,15). The number of ether oxygens (including phenoxy) is 1. The second-order valence-electron chi connectivity index (χ2n) is 5.45. The second kappa shape index (κ2) is 5.75. The highest BCUT2D eigenvalue weighted by atomic mass is 32.1. The summed E-state index contributed by atoms with van der Waals surface area (Å²) in [5.74, 6) is 1.13. The van der Waals surface area contributed by atoms with Crippen LogP contribution in [0.3, 0.4) is 0 Å². The van der Waals surface area contributed by atoms with Gasteiger partial charge in [-0.1, -0.05) is 0 Å². The highest BCUT2D eigenvalue weighted by molar-refractivity contribution is 7.11. The molecular formula is C12H24N4OS. The number of aromatic nitrogens is 1. The van der Waals surface area contributed by atoms with Gasteiger partial charge in [-0.25, -0.2) is 0 Å². The van der Waals surface area contributed by atoms with Crippen LogP contribution >= 0.6 is 11.5 Å². The largest absolute Gasteiger partial charge is 0.484 e. The predicted molar refractivity (Wildman–Crippen MR) is 78.5 cm³/mol. The molecule has 3 N–H and O–H groups in total. The van der Waals surface area contributed by atoms with Gasteiger partial charge in [0.2, 0.25) is 0 Å². The number of hydrogen-bond donors (Lipinski definition) is 2. The Hall–Kier alpha value is -1.01. The molecule has 1 aromatic heterocycles. The molecule has 0 aromatic carbocycles. The van der Waals surface area contributed by atoms with Crippen LogP contribution in [0.5, 0.6) is 5.75 Å². The molecule has 0 aliphatic carbocycles. The molecule has 6 heteroatoms. The van der Waals surface area contributed by atoms with E-state index in [0.29, 0.717) is 11.6 Å². The third kappa shape index (κ3) is 3.74. The van der Waals surface area contributed by atoms with Gasteiger partial charge in [0.15, 0.2) is 16.6 Å². The molecule has 0 saturated carbocycles. The lowest BCUT2D eigenvalue weighted by Crippen LogP contribution is -2.44. The van der Waals surface area contributed by atoms with Crippen LogP contribution in [0.4, 0.5) is 10.8 Å². The molecule has 18 heavy (non-hydrogen) atoms. The van der Waals surface area contributed by atoms with Gasteiger partial charge in [0.25, 0.3) is 0 Å². The first kappa shape index (κ1) is 15.0. The molecule has 0 fully saturated rings. The van der Waals surface area contributed by atoms with Crippen molar-refractivity contribution in [2.75, 3.05) is 31.7 Å². The van der Waals surface area contributed by atoms with Crippen LogP contribution < -0.4 is 15.8 Å². The lowest BCUT2D eigenvalue weighted by molar-refractivity contribution is 0.209. The number of nitrogens with two attached hydrogens (primary N) is 1. The molecular weight excluding hydrogens is 248 g/mol. The second-order valence-corrected chi connectivity index (χ2v) is 6.23. The Balaban J connectivity index is 2.74. The Kier molecular flexibility index (Phi) is 4.81. The molecule has 0 aliphatic rings. The number of hydrogen-bond acceptors (Lipinski definition) is 6. The molecule has 1 rings (SSSR count). The average molecular weight is 272 g/mol. The van der Waals surface area contributed by atoms with Gasteiger partial charge in [-0.3, -0.25) is 0 Å². The van der Waals surface area contributed by atoms with Gasteiger partial charge in [0.1, 0.15) is 0 Å². The Morgan fingerprint density at radius 1 is 1.44 bits per heavy atom. The molecule has 5 nitrogen and oxygen atoms in total. The molecule has 0 saturated heterocycles. The Bertz CT molecular complexity index is 387. The van der Waals surface area contributed by atoms with Crippen molar-refractivity contribution in [2.45, 2.75) is 39.3 Å². The number of nitrogen functional groups attached to an aromatic ring is 1. The van der Waals surface area contributed by atoms with Crippen LogP contribution in [-0.2, 0) is 0 Å². The van der Waals surface area contributed by atoms with E-state index in [1.165, 1.54) is 11.5 Å². The van der Waals surface area contributed by atoms with E-state index in [1.54, 1.807) is 0 Å². The summed E-state index contributed by atoms with van der Waals surface area (Å²) in [4.78, 5) is 2.17. The van der Waals surface area contributed by atoms with E-state index in [2.05, 4.69) is 42.5 Å². The van der Waals surface area contributed by atoms with Crippen molar-refractivity contribution in [3.8, 4) is 5.75 Å². The predicted octanol–water partition coefficient (Wildman–Crippen LogP) is 2.26. The highest BCUT2D eigenvalue weighted by Gasteiger charge is 2.22. The summed E-state index contributed by atoms with van der Waals surface area (Å²) in [6.07, 6.45) is 0.0890. The first-order valence-electron chi connectivity index (χ1n) is 6.07. The van der Waals surface area contributed by atoms with Crippen LogP contribution in [0.2, 0.25) is 0 Å². The summed E-state index contributed by atoms with van der Waals surface area (Å²) in [5.41, 5.74) is 5.86. The van der Waals surface area contributed by atoms with Crippen LogP contribution in [-0.4, -0.2) is 41.6 Å². The third-order valence-electron chi connectivity index (χ3n) is 2.92. The molecule has 0 atom stereocenters. The maximum absolute atomic E-state index is 5.81. The molecule has 1 heterocycles. The molecule has 0 spiro atoms. The van der Waals surface area contributed by atoms with Gasteiger partial charge in [0, 0.05) is 12.1 Å². The van der Waals surface area contributed by atoms with E-state index in [-0.39, 0.29) is 11.6 Å². The average Bonchev–Trinajstić information content (AvgIpc) is 2.57. The maximum Gasteiger partial charge on any atom is 0.197 e. The van der Waals surface area contributed by atoms with Crippen molar-refractivity contribution >= 4 is 22.4 Å². The number of anilines is 2. The lowest BCUT2D eigenvalue weighted by Gasteiger charge is -2.32. The Morgan fingerprint density at radius 2 is 2.06 bits per heavy atom. The number of nitrogens with zero attached hydrogens (tertiary/aromatic N) is 2. The summed E-state index contributed by atoms with van der Waals surface area (Å²) < 4.78 is 9.82. The van der Waals surface area contributed by atoms with Gasteiger partial charge < -0.3 is 20.7 Å². The lowest BCUT2D eigenvalue weighted by atomic mass is 10.0. The SMILES string of the molecule is CC(C)Oc1c(N)nsc1NCC(C)(C)N(C)C. The van der Waals surface area contributed by atoms with Gasteiger partial charge in [-0.05, 0) is 53.3 Å². The zero-order valence-electron chi connectivity index (χ0n) is 12.1. The van der Waals surface area contributed by atoms with E-state index in [1.807, 2.05) is 13.8 Å². The smallest absolute Gasteiger partial charge is 0.197 e. The number of rotatable bonds is 6. The van der Waals surface area contributed by atoms with Crippen molar-refractivity contribution in [3.63, 3.8) is 0 Å². The van der Waals surface area contributed by atoms with E-state index in [9.17, 15) is 0 Å². The molecule has 0 aliphatic heterocycles. The zero-order valence-corrected chi connectivity index (χ0v) is 12.9. The van der Waals surface area contributed by atoms with E-state index in [0.717, 1.165) is 11.5 Å². The molecule has 0 radical (unpaired) electrons. The summed E-state index contributed by atoms with van der Waals surface area (Å²) in [5, 5.41) is 4.27. The Labute approximate surface area is 113 Å². The molecule has 0 bridgehead atoms. The quantitative estimate of drug-likeness (QED) is 0.831. The molecule has 1 aromatic rings. The summed E-state index contributed by atoms with van der Waals surface area (Å²) in [6.45, 7) is 9.10. The monoisotopic (exact) mass is 272 g/mol. The summed E-state index contributed by atoms with van der Waals surface area (Å²) >= 11 is 1.34. The van der Waals surface area contributed by atoms with Crippen molar-refractivity contribution in [3.05, 3.63) is 0 Å². The number of likely N-dealkylation sites (N-methyl/N-ethyl adjacent to an activating group) is 1. The van der Waals surface area contributed by atoms with Gasteiger partial charge in [0.05, 0.1) is 6.10 Å². The van der Waals surface area contributed by atoms with Gasteiger partial charge in [-0.15, -0.1) is 0 Å². The van der Waals surface area contributed by atoms with E-state index >= 15 is 0 Å². The highest BCUT2D eigenvalue weighted by Crippen LogP contribution is 2.36. The van der Waals surface area contributed by atoms with E-state index < -0.39 is 0 Å². The fraction of sp³-hybridized carbons (Fsp3) is 0.750. The minimum atomic E-state index is 0.0495. The van der Waals surface area contributed by atoms with Gasteiger partial charge >= 0.3 is 0 Å². The maximum atomic E-state index is 5.81. The fourth-order valence-electron chi connectivity index (χ4n) is 1.21. The van der Waals surface area contributed by atoms with Crippen molar-refractivity contribution in [2.24, 2.45) is 0 Å². The Morgan fingerprint density at radius 3 is 2.56 bits per heavy atom.